The van der Waals surface area contributed by atoms with Crippen molar-refractivity contribution >= 4 is 12.0 Å². The van der Waals surface area contributed by atoms with E-state index in [1.165, 1.54) is 19.3 Å². The number of rotatable bonds is 5. The maximum Gasteiger partial charge on any atom is 0.331 e. The fraction of sp³-hybridized carbons (Fsp3) is 0.357. The highest BCUT2D eigenvalue weighted by atomic mass is 16.5. The molecule has 0 aliphatic carbocycles. The smallest absolute Gasteiger partial charge is 0.331 e. The second-order valence-electron chi connectivity index (χ2n) is 3.92. The number of methoxy groups -OCH3 is 1. The molecule has 1 atom stereocenters. The summed E-state index contributed by atoms with van der Waals surface area (Å²) < 4.78 is 10.1. The molecule has 0 fully saturated rings. The first-order valence-corrected chi connectivity index (χ1v) is 5.82. The number of phenolic OH excluding ortho intramolecular Hbond substituents is 1. The number of benzene rings is 1. The fourth-order valence-corrected chi connectivity index (χ4v) is 1.28. The van der Waals surface area contributed by atoms with Gasteiger partial charge in [-0.15, -0.1) is 0 Å². The molecule has 1 aromatic rings. The lowest BCUT2D eigenvalue weighted by Gasteiger charge is -2.08. The van der Waals surface area contributed by atoms with Crippen LogP contribution in [0, 0.1) is 0 Å². The summed E-state index contributed by atoms with van der Waals surface area (Å²) in [6, 6.07) is 4.84. The van der Waals surface area contributed by atoms with E-state index in [0.29, 0.717) is 5.75 Å². The molecule has 1 rings (SSSR count). The van der Waals surface area contributed by atoms with Crippen molar-refractivity contribution in [3.05, 3.63) is 29.8 Å². The SMILES string of the molecule is CCC(C)OC(=O)C=Cc1ccc(O)c(OC)c1. The Morgan fingerprint density at radius 1 is 1.50 bits per heavy atom. The molecule has 0 bridgehead atoms. The van der Waals surface area contributed by atoms with Gasteiger partial charge in [-0.1, -0.05) is 13.0 Å². The average Bonchev–Trinajstić information content (AvgIpc) is 2.37. The average molecular weight is 250 g/mol. The van der Waals surface area contributed by atoms with Crippen molar-refractivity contribution in [2.45, 2.75) is 26.4 Å². The summed E-state index contributed by atoms with van der Waals surface area (Å²) in [4.78, 5) is 11.4. The van der Waals surface area contributed by atoms with E-state index in [0.717, 1.165) is 12.0 Å². The molecule has 0 aromatic heterocycles. The van der Waals surface area contributed by atoms with E-state index < -0.39 is 0 Å². The van der Waals surface area contributed by atoms with Crippen molar-refractivity contribution in [2.75, 3.05) is 7.11 Å². The van der Waals surface area contributed by atoms with Crippen LogP contribution >= 0.6 is 0 Å². The molecular weight excluding hydrogens is 232 g/mol. The van der Waals surface area contributed by atoms with Crippen LogP contribution in [0.2, 0.25) is 0 Å². The van der Waals surface area contributed by atoms with Gasteiger partial charge in [0.1, 0.15) is 0 Å². The van der Waals surface area contributed by atoms with E-state index in [4.69, 9.17) is 9.47 Å². The molecule has 0 amide bonds. The zero-order valence-corrected chi connectivity index (χ0v) is 10.8. The lowest BCUT2D eigenvalue weighted by molar-refractivity contribution is -0.142. The summed E-state index contributed by atoms with van der Waals surface area (Å²) in [5.41, 5.74) is 0.755. The predicted octanol–water partition coefficient (Wildman–Crippen LogP) is 2.76. The number of carbonyl (C=O) groups excluding carboxylic acids is 1. The molecule has 0 heterocycles. The van der Waals surface area contributed by atoms with Crippen LogP contribution in [0.1, 0.15) is 25.8 Å². The second kappa shape index (κ2) is 6.69. The minimum absolute atomic E-state index is 0.0665. The maximum atomic E-state index is 11.4. The van der Waals surface area contributed by atoms with Crippen molar-refractivity contribution in [3.63, 3.8) is 0 Å². The molecule has 0 aliphatic rings. The van der Waals surface area contributed by atoms with Crippen molar-refractivity contribution in [1.82, 2.24) is 0 Å². The topological polar surface area (TPSA) is 55.8 Å². The zero-order valence-electron chi connectivity index (χ0n) is 10.8. The molecule has 0 spiro atoms. The Morgan fingerprint density at radius 3 is 2.83 bits per heavy atom. The third-order valence-corrected chi connectivity index (χ3v) is 2.51. The molecule has 1 unspecified atom stereocenters. The van der Waals surface area contributed by atoms with E-state index in [-0.39, 0.29) is 17.8 Å². The van der Waals surface area contributed by atoms with Gasteiger partial charge in [-0.3, -0.25) is 0 Å². The third kappa shape index (κ3) is 4.13. The van der Waals surface area contributed by atoms with Gasteiger partial charge in [0.25, 0.3) is 0 Å². The van der Waals surface area contributed by atoms with Gasteiger partial charge in [-0.05, 0) is 37.1 Å². The van der Waals surface area contributed by atoms with Crippen LogP contribution in [0.4, 0.5) is 0 Å². The minimum Gasteiger partial charge on any atom is -0.504 e. The summed E-state index contributed by atoms with van der Waals surface area (Å²) in [7, 11) is 1.47. The van der Waals surface area contributed by atoms with E-state index in [1.54, 1.807) is 18.2 Å². The van der Waals surface area contributed by atoms with E-state index >= 15 is 0 Å². The molecule has 0 radical (unpaired) electrons. The monoisotopic (exact) mass is 250 g/mol. The lowest BCUT2D eigenvalue weighted by Crippen LogP contribution is -2.11. The molecule has 4 heteroatoms. The van der Waals surface area contributed by atoms with Gasteiger partial charge in [0.05, 0.1) is 13.2 Å². The molecule has 18 heavy (non-hydrogen) atoms. The number of hydrogen-bond donors (Lipinski definition) is 1. The van der Waals surface area contributed by atoms with Crippen molar-refractivity contribution in [3.8, 4) is 11.5 Å². The number of ether oxygens (including phenoxy) is 2. The first kappa shape index (κ1) is 14.1. The Labute approximate surface area is 107 Å². The second-order valence-corrected chi connectivity index (χ2v) is 3.92. The number of phenols is 1. The van der Waals surface area contributed by atoms with Crippen LogP contribution < -0.4 is 4.74 Å². The highest BCUT2D eigenvalue weighted by Gasteiger charge is 2.04. The van der Waals surface area contributed by atoms with Crippen molar-refractivity contribution in [2.24, 2.45) is 0 Å². The molecule has 0 saturated carbocycles. The molecule has 4 nitrogen and oxygen atoms in total. The van der Waals surface area contributed by atoms with Crippen LogP contribution in [-0.4, -0.2) is 24.3 Å². The first-order chi connectivity index (χ1) is 8.56. The van der Waals surface area contributed by atoms with E-state index in [9.17, 15) is 9.90 Å². The van der Waals surface area contributed by atoms with Crippen molar-refractivity contribution in [1.29, 1.82) is 0 Å². The first-order valence-electron chi connectivity index (χ1n) is 5.82. The van der Waals surface area contributed by atoms with Crippen LogP contribution in [0.25, 0.3) is 6.08 Å². The number of carbonyl (C=O) groups is 1. The Hall–Kier alpha value is -1.97. The van der Waals surface area contributed by atoms with Crippen LogP contribution in [0.5, 0.6) is 11.5 Å². The van der Waals surface area contributed by atoms with Gasteiger partial charge in [-0.2, -0.15) is 0 Å². The van der Waals surface area contributed by atoms with E-state index in [1.807, 2.05) is 13.8 Å². The van der Waals surface area contributed by atoms with Gasteiger partial charge in [0.15, 0.2) is 11.5 Å². The summed E-state index contributed by atoms with van der Waals surface area (Å²) >= 11 is 0. The van der Waals surface area contributed by atoms with Gasteiger partial charge in [0, 0.05) is 6.08 Å². The Kier molecular flexibility index (Phi) is 5.24. The summed E-state index contributed by atoms with van der Waals surface area (Å²) in [6.07, 6.45) is 3.67. The van der Waals surface area contributed by atoms with Gasteiger partial charge in [0.2, 0.25) is 0 Å². The lowest BCUT2D eigenvalue weighted by atomic mass is 10.2. The summed E-state index contributed by atoms with van der Waals surface area (Å²) in [5.74, 6) is 0.0562. The third-order valence-electron chi connectivity index (χ3n) is 2.51. The maximum absolute atomic E-state index is 11.4. The van der Waals surface area contributed by atoms with Crippen molar-refractivity contribution < 1.29 is 19.4 Å². The number of aromatic hydroxyl groups is 1. The number of hydrogen-bond acceptors (Lipinski definition) is 4. The zero-order chi connectivity index (χ0) is 13.5. The highest BCUT2D eigenvalue weighted by molar-refractivity contribution is 5.87. The van der Waals surface area contributed by atoms with Crippen LogP contribution in [0.15, 0.2) is 24.3 Å². The highest BCUT2D eigenvalue weighted by Crippen LogP contribution is 2.26. The molecule has 98 valence electrons. The molecule has 1 N–H and O–H groups in total. The van der Waals surface area contributed by atoms with Gasteiger partial charge < -0.3 is 14.6 Å². The minimum atomic E-state index is -0.378. The molecule has 0 saturated heterocycles. The van der Waals surface area contributed by atoms with Gasteiger partial charge >= 0.3 is 5.97 Å². The predicted molar refractivity (Wildman–Crippen MR) is 69.5 cm³/mol. The summed E-state index contributed by atoms with van der Waals surface area (Å²) in [6.45, 7) is 3.79. The van der Waals surface area contributed by atoms with Gasteiger partial charge in [-0.25, -0.2) is 4.79 Å². The molecule has 0 aliphatic heterocycles. The molecular formula is C14H18O4. The van der Waals surface area contributed by atoms with E-state index in [2.05, 4.69) is 0 Å². The Bertz CT molecular complexity index is 437. The Morgan fingerprint density at radius 2 is 2.22 bits per heavy atom. The van der Waals surface area contributed by atoms with Crippen LogP contribution in [0.3, 0.4) is 0 Å². The normalized spacial score (nSPS) is 12.4. The largest absolute Gasteiger partial charge is 0.504 e. The standard InChI is InChI=1S/C14H18O4/c1-4-10(2)18-14(16)8-6-11-5-7-12(15)13(9-11)17-3/h5-10,15H,4H2,1-3H3. The quantitative estimate of drug-likeness (QED) is 0.645. The number of esters is 1. The summed E-state index contributed by atoms with van der Waals surface area (Å²) in [5, 5.41) is 9.42. The Balaban J connectivity index is 2.69. The molecule has 1 aromatic carbocycles. The van der Waals surface area contributed by atoms with Crippen LogP contribution in [-0.2, 0) is 9.53 Å². The fourth-order valence-electron chi connectivity index (χ4n) is 1.28.